The molecule has 0 heterocycles. The number of carbonyl (C=O) groups is 2. The van der Waals surface area contributed by atoms with Crippen molar-refractivity contribution in [1.82, 2.24) is 0 Å². The fourth-order valence-electron chi connectivity index (χ4n) is 0.902. The molecule has 0 radical (unpaired) electrons. The second kappa shape index (κ2) is 6.56. The Kier molecular flexibility index (Phi) is 6.09. The Balaban J connectivity index is 3.62. The predicted molar refractivity (Wildman–Crippen MR) is 48.1 cm³/mol. The molecule has 0 aromatic rings. The lowest BCUT2D eigenvalue weighted by Gasteiger charge is -2.07. The summed E-state index contributed by atoms with van der Waals surface area (Å²) in [4.78, 5) is 21.3. The highest BCUT2D eigenvalue weighted by molar-refractivity contribution is 5.84. The van der Waals surface area contributed by atoms with Crippen molar-refractivity contribution in [3.05, 3.63) is 0 Å². The van der Waals surface area contributed by atoms with Gasteiger partial charge in [-0.25, -0.2) is 0 Å². The van der Waals surface area contributed by atoms with Gasteiger partial charge < -0.3 is 16.6 Å². The van der Waals surface area contributed by atoms with Crippen LogP contribution in [-0.4, -0.2) is 29.4 Å². The predicted octanol–water partition coefficient (Wildman–Crippen LogP) is -0.513. The van der Waals surface area contributed by atoms with Crippen molar-refractivity contribution in [2.45, 2.75) is 31.7 Å². The molecule has 1 unspecified atom stereocenters. The largest absolute Gasteiger partial charge is 0.481 e. The molecular weight excluding hydrogens is 172 g/mol. The van der Waals surface area contributed by atoms with Gasteiger partial charge in [-0.15, -0.1) is 0 Å². The van der Waals surface area contributed by atoms with E-state index in [1.807, 2.05) is 0 Å². The minimum absolute atomic E-state index is 0.0600. The third-order valence-corrected chi connectivity index (χ3v) is 1.71. The van der Waals surface area contributed by atoms with Crippen molar-refractivity contribution in [3.63, 3.8) is 0 Å². The van der Waals surface area contributed by atoms with Crippen LogP contribution in [0, 0.1) is 0 Å². The quantitative estimate of drug-likeness (QED) is 0.498. The van der Waals surface area contributed by atoms with Crippen molar-refractivity contribution in [2.24, 2.45) is 11.5 Å². The van der Waals surface area contributed by atoms with E-state index < -0.39 is 12.0 Å². The summed E-state index contributed by atoms with van der Waals surface area (Å²) in [5.41, 5.74) is 10.7. The molecule has 5 N–H and O–H groups in total. The maximum absolute atomic E-state index is 11.1. The van der Waals surface area contributed by atoms with Crippen LogP contribution in [-0.2, 0) is 9.59 Å². The molecule has 5 nitrogen and oxygen atoms in total. The Morgan fingerprint density at radius 2 is 1.92 bits per heavy atom. The van der Waals surface area contributed by atoms with E-state index in [4.69, 9.17) is 16.6 Å². The molecule has 0 bridgehead atoms. The number of carboxylic acids is 1. The van der Waals surface area contributed by atoms with Crippen LogP contribution in [0.1, 0.15) is 25.7 Å². The highest BCUT2D eigenvalue weighted by Gasteiger charge is 2.13. The molecular formula is C8H16N2O3. The summed E-state index contributed by atoms with van der Waals surface area (Å²) in [5.74, 6) is -1.03. The molecule has 0 aliphatic heterocycles. The maximum atomic E-state index is 11.1. The third kappa shape index (κ3) is 6.24. The first kappa shape index (κ1) is 12.1. The highest BCUT2D eigenvalue weighted by atomic mass is 16.4. The van der Waals surface area contributed by atoms with Crippen molar-refractivity contribution < 1.29 is 14.7 Å². The third-order valence-electron chi connectivity index (χ3n) is 1.71. The van der Waals surface area contributed by atoms with Gasteiger partial charge in [-0.1, -0.05) is 0 Å². The number of nitrogens with two attached hydrogens (primary N) is 2. The van der Waals surface area contributed by atoms with Crippen LogP contribution in [0.3, 0.4) is 0 Å². The molecule has 0 fully saturated rings. The molecule has 0 aliphatic carbocycles. The number of Topliss-reactive ketones (excluding diaryl/α,β-unsaturated/α-hetero) is 1. The smallest absolute Gasteiger partial charge is 0.303 e. The number of hydrogen-bond donors (Lipinski definition) is 3. The van der Waals surface area contributed by atoms with Gasteiger partial charge in [-0.2, -0.15) is 0 Å². The SMILES string of the molecule is NCCCC(=O)C(N)CCC(=O)O. The molecule has 0 amide bonds. The maximum Gasteiger partial charge on any atom is 0.303 e. The molecule has 0 rings (SSSR count). The topological polar surface area (TPSA) is 106 Å². The Hall–Kier alpha value is -0.940. The van der Waals surface area contributed by atoms with E-state index in [0.29, 0.717) is 19.4 Å². The fraction of sp³-hybridized carbons (Fsp3) is 0.750. The molecule has 76 valence electrons. The van der Waals surface area contributed by atoms with Gasteiger partial charge in [-0.3, -0.25) is 9.59 Å². The standard InChI is InChI=1S/C8H16N2O3/c9-5-1-2-7(11)6(10)3-4-8(12)13/h6H,1-5,9-10H2,(H,12,13). The Morgan fingerprint density at radius 3 is 2.38 bits per heavy atom. The zero-order chi connectivity index (χ0) is 10.3. The average molecular weight is 188 g/mol. The molecule has 0 saturated heterocycles. The minimum Gasteiger partial charge on any atom is -0.481 e. The lowest BCUT2D eigenvalue weighted by molar-refractivity contribution is -0.137. The molecule has 0 aromatic heterocycles. The Bertz CT molecular complexity index is 182. The van der Waals surface area contributed by atoms with Gasteiger partial charge in [0.2, 0.25) is 0 Å². The highest BCUT2D eigenvalue weighted by Crippen LogP contribution is 2.00. The first-order chi connectivity index (χ1) is 6.07. The van der Waals surface area contributed by atoms with Gasteiger partial charge >= 0.3 is 5.97 Å². The molecule has 1 atom stereocenters. The Morgan fingerprint density at radius 1 is 1.31 bits per heavy atom. The van der Waals surface area contributed by atoms with E-state index in [1.165, 1.54) is 0 Å². The zero-order valence-electron chi connectivity index (χ0n) is 7.53. The Labute approximate surface area is 77.1 Å². The summed E-state index contributed by atoms with van der Waals surface area (Å²) in [6.07, 6.45) is 1.10. The van der Waals surface area contributed by atoms with Crippen LogP contribution in [0.15, 0.2) is 0 Å². The van der Waals surface area contributed by atoms with E-state index in [1.54, 1.807) is 0 Å². The van der Waals surface area contributed by atoms with Crippen LogP contribution in [0.5, 0.6) is 0 Å². The van der Waals surface area contributed by atoms with Gasteiger partial charge in [0.25, 0.3) is 0 Å². The van der Waals surface area contributed by atoms with Crippen LogP contribution in [0.4, 0.5) is 0 Å². The molecule has 0 aromatic carbocycles. The van der Waals surface area contributed by atoms with E-state index in [9.17, 15) is 9.59 Å². The second-order valence-corrected chi connectivity index (χ2v) is 2.90. The number of rotatable bonds is 7. The van der Waals surface area contributed by atoms with Crippen LogP contribution in [0.25, 0.3) is 0 Å². The van der Waals surface area contributed by atoms with Crippen molar-refractivity contribution in [1.29, 1.82) is 0 Å². The molecule has 0 saturated carbocycles. The molecule has 5 heteroatoms. The summed E-state index contributed by atoms with van der Waals surface area (Å²) in [5, 5.41) is 8.33. The van der Waals surface area contributed by atoms with Crippen LogP contribution >= 0.6 is 0 Å². The summed E-state index contributed by atoms with van der Waals surface area (Å²) in [6.45, 7) is 0.456. The van der Waals surface area contributed by atoms with Crippen molar-refractivity contribution in [3.8, 4) is 0 Å². The number of hydrogen-bond acceptors (Lipinski definition) is 4. The van der Waals surface area contributed by atoms with Gasteiger partial charge in [0.05, 0.1) is 6.04 Å². The van der Waals surface area contributed by atoms with E-state index >= 15 is 0 Å². The van der Waals surface area contributed by atoms with E-state index in [0.717, 1.165) is 0 Å². The second-order valence-electron chi connectivity index (χ2n) is 2.90. The van der Waals surface area contributed by atoms with Crippen LogP contribution in [0.2, 0.25) is 0 Å². The van der Waals surface area contributed by atoms with Crippen molar-refractivity contribution in [2.75, 3.05) is 6.54 Å². The van der Waals surface area contributed by atoms with Crippen molar-refractivity contribution >= 4 is 11.8 Å². The first-order valence-corrected chi connectivity index (χ1v) is 4.28. The lowest BCUT2D eigenvalue weighted by Crippen LogP contribution is -2.31. The summed E-state index contributed by atoms with van der Waals surface area (Å²) >= 11 is 0. The summed E-state index contributed by atoms with van der Waals surface area (Å²) in [6, 6.07) is -0.650. The molecule has 13 heavy (non-hydrogen) atoms. The lowest BCUT2D eigenvalue weighted by atomic mass is 10.0. The number of carboxylic acid groups (broad SMARTS) is 1. The van der Waals surface area contributed by atoms with Gasteiger partial charge in [-0.05, 0) is 19.4 Å². The number of carbonyl (C=O) groups excluding carboxylic acids is 1. The normalized spacial score (nSPS) is 12.5. The fourth-order valence-corrected chi connectivity index (χ4v) is 0.902. The van der Waals surface area contributed by atoms with Gasteiger partial charge in [0, 0.05) is 12.8 Å². The summed E-state index contributed by atoms with van der Waals surface area (Å²) in [7, 11) is 0. The monoisotopic (exact) mass is 188 g/mol. The molecule has 0 spiro atoms. The minimum atomic E-state index is -0.929. The first-order valence-electron chi connectivity index (χ1n) is 4.28. The van der Waals surface area contributed by atoms with E-state index in [-0.39, 0.29) is 18.6 Å². The molecule has 0 aliphatic rings. The summed E-state index contributed by atoms with van der Waals surface area (Å²) < 4.78 is 0. The zero-order valence-corrected chi connectivity index (χ0v) is 7.53. The van der Waals surface area contributed by atoms with Gasteiger partial charge in [0.15, 0.2) is 0 Å². The average Bonchev–Trinajstić information content (AvgIpc) is 2.10. The number of aliphatic carboxylic acids is 1. The van der Waals surface area contributed by atoms with Crippen LogP contribution < -0.4 is 11.5 Å². The van der Waals surface area contributed by atoms with E-state index in [2.05, 4.69) is 0 Å². The van der Waals surface area contributed by atoms with Gasteiger partial charge in [0.1, 0.15) is 5.78 Å². The number of ketones is 1.